The molecule has 166 valence electrons. The molecule has 4 fully saturated rings. The van der Waals surface area contributed by atoms with Crippen LogP contribution in [0.3, 0.4) is 0 Å². The summed E-state index contributed by atoms with van der Waals surface area (Å²) in [5, 5.41) is -0.792. The smallest absolute Gasteiger partial charge is 0.252 e. The summed E-state index contributed by atoms with van der Waals surface area (Å²) < 4.78 is 0. The molecule has 7 rings (SSSR count). The van der Waals surface area contributed by atoms with Crippen LogP contribution in [0.5, 0.6) is 0 Å². The monoisotopic (exact) mass is 462 g/mol. The molecule has 2 saturated heterocycles. The number of fused-ring (bicyclic) bond motifs is 10. The maximum absolute atomic E-state index is 13.3. The topological polar surface area (TPSA) is 91.8 Å². The number of hydrogen-bond acceptors (Lipinski definition) is 5. The number of allylic oxidation sites excluding steroid dienone is 4. The van der Waals surface area contributed by atoms with Crippen molar-refractivity contribution in [3.05, 3.63) is 48.1 Å². The van der Waals surface area contributed by atoms with E-state index in [9.17, 15) is 24.0 Å². The molecule has 2 aliphatic heterocycles. The highest BCUT2D eigenvalue weighted by molar-refractivity contribution is 6.67. The van der Waals surface area contributed by atoms with Crippen molar-refractivity contribution >= 4 is 51.8 Å². The van der Waals surface area contributed by atoms with E-state index in [2.05, 4.69) is 0 Å². The van der Waals surface area contributed by atoms with Crippen molar-refractivity contribution in [1.29, 1.82) is 0 Å². The summed E-state index contributed by atoms with van der Waals surface area (Å²) in [6.45, 7) is 0. The van der Waals surface area contributed by atoms with Gasteiger partial charge in [0.2, 0.25) is 23.6 Å². The van der Waals surface area contributed by atoms with Crippen LogP contribution in [0.1, 0.15) is 23.2 Å². The van der Waals surface area contributed by atoms with Crippen molar-refractivity contribution in [2.45, 2.75) is 12.8 Å². The summed E-state index contributed by atoms with van der Waals surface area (Å²) in [5.41, 5.74) is 0.389. The Bertz CT molecular complexity index is 1120. The van der Waals surface area contributed by atoms with Crippen LogP contribution in [-0.4, -0.2) is 28.9 Å². The van der Waals surface area contributed by atoms with Crippen LogP contribution < -0.4 is 9.80 Å². The molecule has 0 aromatic heterocycles. The third-order valence-electron chi connectivity index (χ3n) is 8.59. The van der Waals surface area contributed by atoms with Gasteiger partial charge in [-0.05, 0) is 66.3 Å². The summed E-state index contributed by atoms with van der Waals surface area (Å²) in [7, 11) is 0. The first-order chi connectivity index (χ1) is 15.8. The number of anilines is 2. The summed E-state index contributed by atoms with van der Waals surface area (Å²) in [4.78, 5) is 67.5. The number of carbonyl (C=O) groups is 5. The summed E-state index contributed by atoms with van der Waals surface area (Å²) >= 11 is 5.77. The fourth-order valence-corrected chi connectivity index (χ4v) is 7.39. The van der Waals surface area contributed by atoms with Crippen molar-refractivity contribution in [2.24, 2.45) is 47.3 Å². The van der Waals surface area contributed by atoms with Crippen LogP contribution in [0, 0.1) is 47.3 Å². The van der Waals surface area contributed by atoms with E-state index in [0.29, 0.717) is 0 Å². The summed E-state index contributed by atoms with van der Waals surface area (Å²) in [6.07, 6.45) is 9.64. The molecule has 1 aromatic rings. The van der Waals surface area contributed by atoms with E-state index in [1.807, 2.05) is 24.3 Å². The van der Waals surface area contributed by atoms with Crippen molar-refractivity contribution < 1.29 is 24.0 Å². The summed E-state index contributed by atoms with van der Waals surface area (Å²) in [6, 6.07) is 4.27. The van der Waals surface area contributed by atoms with Crippen LogP contribution in [-0.2, 0) is 19.2 Å². The lowest BCUT2D eigenvalue weighted by molar-refractivity contribution is -0.124. The van der Waals surface area contributed by atoms with Gasteiger partial charge < -0.3 is 0 Å². The molecule has 2 saturated carbocycles. The Morgan fingerprint density at radius 2 is 0.970 bits per heavy atom. The number of rotatable bonds is 3. The molecule has 4 amide bonds. The van der Waals surface area contributed by atoms with Gasteiger partial charge in [-0.3, -0.25) is 24.0 Å². The Balaban J connectivity index is 1.30. The van der Waals surface area contributed by atoms with Crippen LogP contribution in [0.15, 0.2) is 42.5 Å². The normalized spacial score (nSPS) is 39.4. The Hall–Kier alpha value is -3.06. The van der Waals surface area contributed by atoms with Crippen molar-refractivity contribution in [2.75, 3.05) is 9.80 Å². The number of nitrogens with zero attached hydrogens (tertiary/aromatic N) is 2. The third kappa shape index (κ3) is 2.33. The minimum atomic E-state index is -0.792. The molecular formula is C25H19ClN2O5. The number of carbonyl (C=O) groups excluding carboxylic acids is 5. The minimum absolute atomic E-state index is 0.0293. The van der Waals surface area contributed by atoms with E-state index >= 15 is 0 Å². The highest BCUT2D eigenvalue weighted by Crippen LogP contribution is 2.55. The highest BCUT2D eigenvalue weighted by atomic mass is 35.5. The first kappa shape index (κ1) is 19.4. The number of amides is 4. The third-order valence-corrected chi connectivity index (χ3v) is 8.80. The fourth-order valence-electron chi connectivity index (χ4n) is 7.28. The van der Waals surface area contributed by atoms with Crippen LogP contribution in [0.2, 0.25) is 0 Å². The van der Waals surface area contributed by atoms with Crippen LogP contribution in [0.25, 0.3) is 0 Å². The number of benzene rings is 1. The maximum atomic E-state index is 13.3. The van der Waals surface area contributed by atoms with Crippen molar-refractivity contribution in [3.63, 3.8) is 0 Å². The average Bonchev–Trinajstić information content (AvgIpc) is 3.61. The van der Waals surface area contributed by atoms with E-state index in [1.54, 1.807) is 0 Å². The zero-order valence-corrected chi connectivity index (χ0v) is 18.1. The van der Waals surface area contributed by atoms with E-state index in [-0.39, 0.29) is 64.2 Å². The second-order valence-electron chi connectivity index (χ2n) is 10.0. The molecule has 8 heteroatoms. The number of hydrogen-bond donors (Lipinski definition) is 0. The van der Waals surface area contributed by atoms with E-state index in [1.165, 1.54) is 18.2 Å². The molecule has 8 atom stereocenters. The molecule has 0 spiro atoms. The van der Waals surface area contributed by atoms with E-state index in [0.717, 1.165) is 22.6 Å². The second-order valence-corrected chi connectivity index (χ2v) is 10.4. The molecule has 33 heavy (non-hydrogen) atoms. The first-order valence-electron chi connectivity index (χ1n) is 11.3. The average molecular weight is 463 g/mol. The molecule has 8 unspecified atom stereocenters. The molecule has 0 radical (unpaired) electrons. The fraction of sp³-hybridized carbons (Fsp3) is 0.400. The predicted molar refractivity (Wildman–Crippen MR) is 117 cm³/mol. The maximum Gasteiger partial charge on any atom is 0.252 e. The standard InChI is InChI=1S/C25H19ClN2O5/c26-21(29)14-7-15(27-22(30)17-10-1-2-11(5-10)18(17)23(27)31)9-16(8-14)28-24(32)19-12-3-4-13(6-12)20(19)25(28)33/h1-4,7-13,17-20H,5-6H2. The lowest BCUT2D eigenvalue weighted by Crippen LogP contribution is -2.35. The van der Waals surface area contributed by atoms with Gasteiger partial charge in [0.15, 0.2) is 0 Å². The Morgan fingerprint density at radius 3 is 1.27 bits per heavy atom. The predicted octanol–water partition coefficient (Wildman–Crippen LogP) is 2.69. The minimum Gasteiger partial charge on any atom is -0.276 e. The number of halogens is 1. The first-order valence-corrected chi connectivity index (χ1v) is 11.7. The summed E-state index contributed by atoms with van der Waals surface area (Å²) in [5.74, 6) is -2.63. The Kier molecular flexibility index (Phi) is 3.70. The van der Waals surface area contributed by atoms with Gasteiger partial charge in [0.05, 0.1) is 35.0 Å². The SMILES string of the molecule is O=C(Cl)c1cc(N2C(=O)C3C4C=CC(C4)C3C2=O)cc(N2C(=O)C3C4C=CC(C4)C3C2=O)c1. The molecule has 6 aliphatic rings. The van der Waals surface area contributed by atoms with Crippen molar-refractivity contribution in [1.82, 2.24) is 0 Å². The van der Waals surface area contributed by atoms with Gasteiger partial charge in [-0.2, -0.15) is 0 Å². The molecular weight excluding hydrogens is 444 g/mol. The molecule has 2 heterocycles. The largest absolute Gasteiger partial charge is 0.276 e. The molecule has 1 aromatic carbocycles. The Labute approximate surface area is 194 Å². The van der Waals surface area contributed by atoms with Gasteiger partial charge in [-0.1, -0.05) is 24.3 Å². The molecule has 4 aliphatic carbocycles. The van der Waals surface area contributed by atoms with E-state index in [4.69, 9.17) is 11.6 Å². The number of imide groups is 2. The molecule has 7 nitrogen and oxygen atoms in total. The van der Waals surface area contributed by atoms with Gasteiger partial charge in [-0.25, -0.2) is 9.80 Å². The zero-order chi connectivity index (χ0) is 22.8. The highest BCUT2D eigenvalue weighted by Gasteiger charge is 2.61. The van der Waals surface area contributed by atoms with Gasteiger partial charge in [0, 0.05) is 5.56 Å². The van der Waals surface area contributed by atoms with E-state index < -0.39 is 28.9 Å². The van der Waals surface area contributed by atoms with Gasteiger partial charge >= 0.3 is 0 Å². The lowest BCUT2D eigenvalue weighted by Gasteiger charge is -2.22. The van der Waals surface area contributed by atoms with Crippen LogP contribution in [0.4, 0.5) is 11.4 Å². The van der Waals surface area contributed by atoms with Crippen LogP contribution >= 0.6 is 11.6 Å². The second kappa shape index (κ2) is 6.29. The zero-order valence-electron chi connectivity index (χ0n) is 17.4. The quantitative estimate of drug-likeness (QED) is 0.391. The molecule has 4 bridgehead atoms. The van der Waals surface area contributed by atoms with Gasteiger partial charge in [-0.15, -0.1) is 0 Å². The van der Waals surface area contributed by atoms with Crippen molar-refractivity contribution in [3.8, 4) is 0 Å². The molecule has 0 N–H and O–H groups in total. The van der Waals surface area contributed by atoms with Gasteiger partial charge in [0.25, 0.3) is 5.24 Å². The Morgan fingerprint density at radius 1 is 0.636 bits per heavy atom. The lowest BCUT2D eigenvalue weighted by atomic mass is 9.85. The van der Waals surface area contributed by atoms with Gasteiger partial charge in [0.1, 0.15) is 0 Å².